The second-order valence-corrected chi connectivity index (χ2v) is 11.4. The van der Waals surface area contributed by atoms with Gasteiger partial charge in [-0.15, -0.1) is 0 Å². The van der Waals surface area contributed by atoms with Crippen molar-refractivity contribution in [3.63, 3.8) is 0 Å². The zero-order valence-electron chi connectivity index (χ0n) is 17.6. The van der Waals surface area contributed by atoms with Crippen molar-refractivity contribution in [1.29, 1.82) is 0 Å². The summed E-state index contributed by atoms with van der Waals surface area (Å²) in [6.45, 7) is 5.44. The number of sulfonamides is 1. The number of thioether (sulfide) groups is 1. The number of ether oxygens (including phenoxy) is 1. The Bertz CT molecular complexity index is 959. The summed E-state index contributed by atoms with van der Waals surface area (Å²) in [5.41, 5.74) is 0.917. The number of benzene rings is 1. The lowest BCUT2D eigenvalue weighted by Gasteiger charge is -2.34. The van der Waals surface area contributed by atoms with Gasteiger partial charge in [-0.2, -0.15) is 11.8 Å². The van der Waals surface area contributed by atoms with Gasteiger partial charge in [0.25, 0.3) is 10.0 Å². The number of esters is 1. The predicted octanol–water partition coefficient (Wildman–Crippen LogP) is 2.44. The number of hydrogen-bond donors (Lipinski definition) is 0. The van der Waals surface area contributed by atoms with Crippen LogP contribution < -0.4 is 0 Å². The van der Waals surface area contributed by atoms with E-state index in [4.69, 9.17) is 4.74 Å². The van der Waals surface area contributed by atoms with Crippen LogP contribution in [-0.2, 0) is 29.1 Å². The van der Waals surface area contributed by atoms with Gasteiger partial charge in [0.05, 0.1) is 10.8 Å². The van der Waals surface area contributed by atoms with Crippen LogP contribution in [0.2, 0.25) is 0 Å². The molecule has 0 heterocycles. The summed E-state index contributed by atoms with van der Waals surface area (Å²) in [6.07, 6.45) is 3.44. The molecule has 0 radical (unpaired) electrons. The van der Waals surface area contributed by atoms with Gasteiger partial charge in [-0.25, -0.2) is 17.5 Å². The number of aldehydes is 1. The summed E-state index contributed by atoms with van der Waals surface area (Å²) in [6, 6.07) is 6.33. The van der Waals surface area contributed by atoms with E-state index in [1.165, 1.54) is 19.2 Å². The Hall–Kier alpha value is -2.13. The zero-order chi connectivity index (χ0) is 22.8. The van der Waals surface area contributed by atoms with E-state index >= 15 is 0 Å². The van der Waals surface area contributed by atoms with Gasteiger partial charge in [-0.3, -0.25) is 4.79 Å². The van der Waals surface area contributed by atoms with Crippen molar-refractivity contribution in [3.8, 4) is 0 Å². The third kappa shape index (κ3) is 4.72. The quantitative estimate of drug-likeness (QED) is 0.239. The lowest BCUT2D eigenvalue weighted by atomic mass is 9.79. The van der Waals surface area contributed by atoms with E-state index in [-0.39, 0.29) is 28.6 Å². The molecule has 5 atom stereocenters. The first kappa shape index (κ1) is 23.5. The first-order valence-corrected chi connectivity index (χ1v) is 12.6. The Kier molecular flexibility index (Phi) is 7.26. The van der Waals surface area contributed by atoms with Crippen LogP contribution in [0, 0.1) is 30.6 Å². The summed E-state index contributed by atoms with van der Waals surface area (Å²) >= 11 is 1.60. The van der Waals surface area contributed by atoms with Crippen molar-refractivity contribution in [2.24, 2.45) is 23.7 Å². The highest BCUT2D eigenvalue weighted by Gasteiger charge is 2.56. The minimum atomic E-state index is -4.00. The maximum Gasteiger partial charge on any atom is 0.330 e. The van der Waals surface area contributed by atoms with Crippen LogP contribution in [0.4, 0.5) is 0 Å². The highest BCUT2D eigenvalue weighted by molar-refractivity contribution is 7.99. The Morgan fingerprint density at radius 3 is 2.55 bits per heavy atom. The molecule has 0 spiro atoms. The molecule has 2 saturated carbocycles. The fourth-order valence-electron chi connectivity index (χ4n) is 4.67. The van der Waals surface area contributed by atoms with Crippen LogP contribution in [0.5, 0.6) is 0 Å². The van der Waals surface area contributed by atoms with Crippen molar-refractivity contribution in [1.82, 2.24) is 4.31 Å². The highest BCUT2D eigenvalue weighted by Crippen LogP contribution is 2.55. The molecule has 2 bridgehead atoms. The van der Waals surface area contributed by atoms with E-state index in [2.05, 4.69) is 6.58 Å². The first-order chi connectivity index (χ1) is 14.7. The van der Waals surface area contributed by atoms with Crippen LogP contribution in [0.25, 0.3) is 0 Å². The number of rotatable bonds is 9. The molecule has 0 N–H and O–H groups in total. The summed E-state index contributed by atoms with van der Waals surface area (Å²) in [5, 5.41) is 0.119. The van der Waals surface area contributed by atoms with Gasteiger partial charge in [0.2, 0.25) is 5.91 Å². The molecule has 9 heteroatoms. The molecule has 3 rings (SSSR count). The third-order valence-electron chi connectivity index (χ3n) is 6.27. The van der Waals surface area contributed by atoms with Gasteiger partial charge in [0.1, 0.15) is 12.9 Å². The van der Waals surface area contributed by atoms with Crippen molar-refractivity contribution in [3.05, 3.63) is 42.5 Å². The maximum absolute atomic E-state index is 13.3. The summed E-state index contributed by atoms with van der Waals surface area (Å²) in [4.78, 5) is 36.3. The van der Waals surface area contributed by atoms with Crippen LogP contribution in [0.1, 0.15) is 18.4 Å². The minimum absolute atomic E-state index is 0.0507. The van der Waals surface area contributed by atoms with Crippen LogP contribution in [-0.4, -0.2) is 55.5 Å². The zero-order valence-corrected chi connectivity index (χ0v) is 19.2. The molecule has 1 amide bonds. The van der Waals surface area contributed by atoms with E-state index in [9.17, 15) is 22.8 Å². The molecular weight excluding hydrogens is 438 g/mol. The summed E-state index contributed by atoms with van der Waals surface area (Å²) in [7, 11) is -2.73. The average Bonchev–Trinajstić information content (AvgIpc) is 3.33. The average molecular weight is 466 g/mol. The lowest BCUT2D eigenvalue weighted by molar-refractivity contribution is -0.137. The number of aryl methyl sites for hydroxylation is 1. The van der Waals surface area contributed by atoms with E-state index in [0.717, 1.165) is 35.1 Å². The predicted molar refractivity (Wildman–Crippen MR) is 118 cm³/mol. The fourth-order valence-corrected chi connectivity index (χ4v) is 7.22. The first-order valence-electron chi connectivity index (χ1n) is 10.2. The van der Waals surface area contributed by atoms with Crippen molar-refractivity contribution in [2.75, 3.05) is 19.4 Å². The number of carbonyl (C=O) groups is 3. The SMILES string of the molecule is C=CC(=O)OCCSC1CC2CC1C(C(=O)N(C)S(=O)(=O)c1ccc(C)cc1)C2C=O. The third-order valence-corrected chi connectivity index (χ3v) is 9.41. The minimum Gasteiger partial charge on any atom is -0.462 e. The highest BCUT2D eigenvalue weighted by atomic mass is 32.2. The molecule has 0 aliphatic heterocycles. The van der Waals surface area contributed by atoms with Crippen LogP contribution in [0.15, 0.2) is 41.8 Å². The van der Waals surface area contributed by atoms with Crippen molar-refractivity contribution in [2.45, 2.75) is 29.9 Å². The Labute approximate surface area is 187 Å². The molecule has 1 aromatic carbocycles. The second-order valence-electron chi connectivity index (χ2n) is 8.04. The Balaban J connectivity index is 1.72. The van der Waals surface area contributed by atoms with E-state index < -0.39 is 33.7 Å². The molecule has 2 fully saturated rings. The number of carbonyl (C=O) groups excluding carboxylic acids is 3. The molecule has 1 aromatic rings. The van der Waals surface area contributed by atoms with E-state index in [1.807, 2.05) is 6.92 Å². The summed E-state index contributed by atoms with van der Waals surface area (Å²) < 4.78 is 31.8. The van der Waals surface area contributed by atoms with Gasteiger partial charge < -0.3 is 9.53 Å². The number of amides is 1. The summed E-state index contributed by atoms with van der Waals surface area (Å²) in [5.74, 6) is -1.58. The molecule has 168 valence electrons. The number of nitrogens with zero attached hydrogens (tertiary/aromatic N) is 1. The van der Waals surface area contributed by atoms with Crippen LogP contribution >= 0.6 is 11.8 Å². The van der Waals surface area contributed by atoms with Crippen LogP contribution in [0.3, 0.4) is 0 Å². The molecule has 7 nitrogen and oxygen atoms in total. The normalized spacial score (nSPS) is 27.0. The van der Waals surface area contributed by atoms with Gasteiger partial charge in [0, 0.05) is 30.0 Å². The topological polar surface area (TPSA) is 97.8 Å². The molecule has 31 heavy (non-hydrogen) atoms. The lowest BCUT2D eigenvalue weighted by Crippen LogP contribution is -2.45. The molecule has 5 unspecified atom stereocenters. The standard InChI is InChI=1S/C22H27NO6S2/c1-4-20(25)29-9-10-30-19-12-15-11-17(19)21(18(15)13-24)22(26)23(3)31(27,28)16-7-5-14(2)6-8-16/h4-8,13,15,17-19,21H,1,9-12H2,2-3H3. The van der Waals surface area contributed by atoms with Gasteiger partial charge >= 0.3 is 5.97 Å². The van der Waals surface area contributed by atoms with E-state index in [0.29, 0.717) is 5.75 Å². The second kappa shape index (κ2) is 9.56. The van der Waals surface area contributed by atoms with Crippen molar-refractivity contribution >= 4 is 39.9 Å². The van der Waals surface area contributed by atoms with Crippen molar-refractivity contribution < 1.29 is 27.5 Å². The molecule has 2 aliphatic carbocycles. The molecule has 2 aliphatic rings. The molecular formula is C22H27NO6S2. The van der Waals surface area contributed by atoms with Gasteiger partial charge in [0.15, 0.2) is 0 Å². The number of fused-ring (bicyclic) bond motifs is 2. The Morgan fingerprint density at radius 2 is 1.94 bits per heavy atom. The Morgan fingerprint density at radius 1 is 1.26 bits per heavy atom. The number of hydrogen-bond acceptors (Lipinski definition) is 7. The largest absolute Gasteiger partial charge is 0.462 e. The molecule has 0 aromatic heterocycles. The smallest absolute Gasteiger partial charge is 0.330 e. The maximum atomic E-state index is 13.3. The molecule has 0 saturated heterocycles. The van der Waals surface area contributed by atoms with Gasteiger partial charge in [-0.1, -0.05) is 24.3 Å². The fraction of sp³-hybridized carbons (Fsp3) is 0.500. The van der Waals surface area contributed by atoms with E-state index in [1.54, 1.807) is 23.9 Å². The van der Waals surface area contributed by atoms with Gasteiger partial charge in [-0.05, 0) is 43.7 Å². The monoisotopic (exact) mass is 465 g/mol.